The molecule has 4 heteroatoms. The molecule has 2 fully saturated rings. The summed E-state index contributed by atoms with van der Waals surface area (Å²) in [5.41, 5.74) is 5.93. The lowest BCUT2D eigenvalue weighted by Crippen LogP contribution is -2.30. The highest BCUT2D eigenvalue weighted by Crippen LogP contribution is 2.21. The first kappa shape index (κ1) is 14.2. The van der Waals surface area contributed by atoms with Gasteiger partial charge in [0.2, 0.25) is 0 Å². The second-order valence-corrected chi connectivity index (χ2v) is 5.23. The van der Waals surface area contributed by atoms with Gasteiger partial charge in [-0.3, -0.25) is 0 Å². The molecule has 0 aromatic carbocycles. The summed E-state index contributed by atoms with van der Waals surface area (Å²) < 4.78 is 5.39. The summed E-state index contributed by atoms with van der Waals surface area (Å²) in [4.78, 5) is 2.58. The minimum Gasteiger partial charge on any atom is -0.381 e. The van der Waals surface area contributed by atoms with Crippen LogP contribution in [0.25, 0.3) is 0 Å². The molecule has 2 aliphatic heterocycles. The molecule has 0 spiro atoms. The topological polar surface area (TPSA) is 38.5 Å². The molecule has 0 aromatic heterocycles. The summed E-state index contributed by atoms with van der Waals surface area (Å²) in [5, 5.41) is 0. The second kappa shape index (κ2) is 6.80. The Kier molecular flexibility index (Phi) is 6.05. The largest absolute Gasteiger partial charge is 0.381 e. The normalized spacial score (nSPS) is 32.6. The Morgan fingerprint density at radius 1 is 1.44 bits per heavy atom. The van der Waals surface area contributed by atoms with Gasteiger partial charge in [0.25, 0.3) is 0 Å². The molecule has 2 N–H and O–H groups in total. The molecular formula is C12H25ClN2O. The zero-order chi connectivity index (χ0) is 10.7. The van der Waals surface area contributed by atoms with E-state index in [1.54, 1.807) is 0 Å². The highest BCUT2D eigenvalue weighted by Gasteiger charge is 2.25. The van der Waals surface area contributed by atoms with Crippen LogP contribution in [0, 0.1) is 11.8 Å². The molecule has 2 aliphatic rings. The number of hydrogen-bond donors (Lipinski definition) is 1. The molecule has 0 saturated carbocycles. The monoisotopic (exact) mass is 248 g/mol. The first-order valence-corrected chi connectivity index (χ1v) is 6.31. The van der Waals surface area contributed by atoms with Crippen LogP contribution in [0.3, 0.4) is 0 Å². The standard InChI is InChI=1S/C12H24N2O.ClH/c1-10(13)12-3-6-14(8-12)5-2-11-4-7-15-9-11;/h10-12H,2-9,13H2,1H3;1H. The molecule has 0 bridgehead atoms. The minimum absolute atomic E-state index is 0. The van der Waals surface area contributed by atoms with Gasteiger partial charge in [0.15, 0.2) is 0 Å². The van der Waals surface area contributed by atoms with Gasteiger partial charge in [-0.25, -0.2) is 0 Å². The Balaban J connectivity index is 0.00000128. The Morgan fingerprint density at radius 2 is 2.25 bits per heavy atom. The third-order valence-corrected chi connectivity index (χ3v) is 3.93. The molecule has 16 heavy (non-hydrogen) atoms. The van der Waals surface area contributed by atoms with Gasteiger partial charge < -0.3 is 15.4 Å². The number of ether oxygens (including phenoxy) is 1. The van der Waals surface area contributed by atoms with Crippen molar-refractivity contribution in [3.8, 4) is 0 Å². The lowest BCUT2D eigenvalue weighted by molar-refractivity contribution is 0.180. The molecule has 2 saturated heterocycles. The van der Waals surface area contributed by atoms with Crippen LogP contribution in [0.1, 0.15) is 26.2 Å². The van der Waals surface area contributed by atoms with Gasteiger partial charge in [0, 0.05) is 25.8 Å². The molecule has 0 radical (unpaired) electrons. The SMILES string of the molecule is CC(N)C1CCN(CCC2CCOC2)C1.Cl. The van der Waals surface area contributed by atoms with Gasteiger partial charge in [0.1, 0.15) is 0 Å². The number of rotatable bonds is 4. The second-order valence-electron chi connectivity index (χ2n) is 5.23. The number of likely N-dealkylation sites (tertiary alicyclic amines) is 1. The van der Waals surface area contributed by atoms with Gasteiger partial charge in [0.05, 0.1) is 0 Å². The third-order valence-electron chi connectivity index (χ3n) is 3.93. The molecule has 96 valence electrons. The van der Waals surface area contributed by atoms with Crippen LogP contribution in [-0.2, 0) is 4.74 Å². The van der Waals surface area contributed by atoms with E-state index in [1.807, 2.05) is 0 Å². The quantitative estimate of drug-likeness (QED) is 0.820. The Bertz CT molecular complexity index is 195. The van der Waals surface area contributed by atoms with Crippen LogP contribution in [0.4, 0.5) is 0 Å². The van der Waals surface area contributed by atoms with Gasteiger partial charge in [-0.05, 0) is 51.1 Å². The summed E-state index contributed by atoms with van der Waals surface area (Å²) in [6, 6.07) is 0.366. The molecule has 3 atom stereocenters. The number of hydrogen-bond acceptors (Lipinski definition) is 3. The van der Waals surface area contributed by atoms with Crippen LogP contribution in [0.2, 0.25) is 0 Å². The fourth-order valence-electron chi connectivity index (χ4n) is 2.67. The van der Waals surface area contributed by atoms with Crippen LogP contribution < -0.4 is 5.73 Å². The highest BCUT2D eigenvalue weighted by atomic mass is 35.5. The Morgan fingerprint density at radius 3 is 2.81 bits per heavy atom. The molecule has 2 heterocycles. The van der Waals surface area contributed by atoms with Gasteiger partial charge in [-0.15, -0.1) is 12.4 Å². The van der Waals surface area contributed by atoms with E-state index in [2.05, 4.69) is 11.8 Å². The molecule has 3 nitrogen and oxygen atoms in total. The number of nitrogens with zero attached hydrogens (tertiary/aromatic N) is 1. The maximum atomic E-state index is 5.93. The summed E-state index contributed by atoms with van der Waals surface area (Å²) in [6.07, 6.45) is 3.87. The van der Waals surface area contributed by atoms with Crippen LogP contribution >= 0.6 is 12.4 Å². The number of nitrogens with two attached hydrogens (primary N) is 1. The van der Waals surface area contributed by atoms with E-state index in [-0.39, 0.29) is 12.4 Å². The van der Waals surface area contributed by atoms with Crippen molar-refractivity contribution in [3.05, 3.63) is 0 Å². The summed E-state index contributed by atoms with van der Waals surface area (Å²) in [7, 11) is 0. The van der Waals surface area contributed by atoms with Crippen molar-refractivity contribution in [2.24, 2.45) is 17.6 Å². The fourth-order valence-corrected chi connectivity index (χ4v) is 2.67. The van der Waals surface area contributed by atoms with Crippen LogP contribution in [-0.4, -0.2) is 43.8 Å². The van der Waals surface area contributed by atoms with Gasteiger partial charge in [-0.2, -0.15) is 0 Å². The average molecular weight is 249 g/mol. The van der Waals surface area contributed by atoms with Gasteiger partial charge in [-0.1, -0.05) is 0 Å². The van der Waals surface area contributed by atoms with E-state index in [1.165, 1.54) is 38.9 Å². The Labute approximate surface area is 105 Å². The van der Waals surface area contributed by atoms with Gasteiger partial charge >= 0.3 is 0 Å². The smallest absolute Gasteiger partial charge is 0.0495 e. The van der Waals surface area contributed by atoms with Crippen molar-refractivity contribution >= 4 is 12.4 Å². The van der Waals surface area contributed by atoms with Crippen LogP contribution in [0.5, 0.6) is 0 Å². The van der Waals surface area contributed by atoms with Crippen molar-refractivity contribution < 1.29 is 4.74 Å². The molecular weight excluding hydrogens is 224 g/mol. The van der Waals surface area contributed by atoms with E-state index >= 15 is 0 Å². The predicted molar refractivity (Wildman–Crippen MR) is 69.0 cm³/mol. The molecule has 0 aliphatic carbocycles. The third kappa shape index (κ3) is 3.88. The predicted octanol–water partition coefficient (Wildman–Crippen LogP) is 1.50. The lowest BCUT2D eigenvalue weighted by Gasteiger charge is -2.19. The highest BCUT2D eigenvalue weighted by molar-refractivity contribution is 5.85. The van der Waals surface area contributed by atoms with E-state index in [0.717, 1.165) is 25.0 Å². The maximum Gasteiger partial charge on any atom is 0.0495 e. The summed E-state index contributed by atoms with van der Waals surface area (Å²) in [6.45, 7) is 7.82. The first-order valence-electron chi connectivity index (χ1n) is 6.31. The first-order chi connectivity index (χ1) is 7.25. The van der Waals surface area contributed by atoms with Crippen molar-refractivity contribution in [1.82, 2.24) is 4.90 Å². The molecule has 0 aromatic rings. The Hall–Kier alpha value is 0.170. The lowest BCUT2D eigenvalue weighted by atomic mass is 10.0. The molecule has 0 amide bonds. The van der Waals surface area contributed by atoms with Crippen LogP contribution in [0.15, 0.2) is 0 Å². The van der Waals surface area contributed by atoms with E-state index in [0.29, 0.717) is 6.04 Å². The minimum atomic E-state index is 0. The fraction of sp³-hybridized carbons (Fsp3) is 1.00. The van der Waals surface area contributed by atoms with Crippen molar-refractivity contribution in [3.63, 3.8) is 0 Å². The summed E-state index contributed by atoms with van der Waals surface area (Å²) >= 11 is 0. The zero-order valence-electron chi connectivity index (χ0n) is 10.2. The summed E-state index contributed by atoms with van der Waals surface area (Å²) in [5.74, 6) is 1.55. The van der Waals surface area contributed by atoms with Crippen molar-refractivity contribution in [2.75, 3.05) is 32.8 Å². The zero-order valence-corrected chi connectivity index (χ0v) is 11.0. The average Bonchev–Trinajstić information content (AvgIpc) is 2.86. The van der Waals surface area contributed by atoms with E-state index in [4.69, 9.17) is 10.5 Å². The molecule has 3 unspecified atom stereocenters. The molecule has 2 rings (SSSR count). The van der Waals surface area contributed by atoms with Crippen molar-refractivity contribution in [2.45, 2.75) is 32.2 Å². The number of halogens is 1. The van der Waals surface area contributed by atoms with E-state index in [9.17, 15) is 0 Å². The van der Waals surface area contributed by atoms with Crippen molar-refractivity contribution in [1.29, 1.82) is 0 Å². The maximum absolute atomic E-state index is 5.93. The van der Waals surface area contributed by atoms with E-state index < -0.39 is 0 Å².